The Morgan fingerprint density at radius 3 is 2.42 bits per heavy atom. The third kappa shape index (κ3) is 5.52. The molecular formula is C39H68N2O6S. The Bertz CT molecular complexity index is 1310. The van der Waals surface area contributed by atoms with Gasteiger partial charge in [-0.15, -0.1) is 0 Å². The number of aliphatic hydroxyl groups is 2. The monoisotopic (exact) mass is 692 g/mol. The van der Waals surface area contributed by atoms with Gasteiger partial charge in [-0.2, -0.15) is 0 Å². The van der Waals surface area contributed by atoms with E-state index in [1.54, 1.807) is 20.1 Å². The molecule has 0 amide bonds. The summed E-state index contributed by atoms with van der Waals surface area (Å²) < 4.78 is 35.9. The second-order valence-corrected chi connectivity index (χ2v) is 21.3. The molecule has 0 aromatic heterocycles. The minimum absolute atomic E-state index is 0.0543. The zero-order chi connectivity index (χ0) is 34.7. The highest BCUT2D eigenvalue weighted by Crippen LogP contribution is 2.87. The van der Waals surface area contributed by atoms with Crippen LogP contribution in [0, 0.1) is 45.3 Å². The van der Waals surface area contributed by atoms with Crippen LogP contribution in [0.25, 0.3) is 0 Å². The highest BCUT2D eigenvalue weighted by atomic mass is 32.2. The van der Waals surface area contributed by atoms with E-state index in [9.17, 15) is 14.4 Å². The van der Waals surface area contributed by atoms with Crippen LogP contribution in [0.15, 0.2) is 0 Å². The Morgan fingerprint density at radius 1 is 1.04 bits per heavy atom. The van der Waals surface area contributed by atoms with Gasteiger partial charge in [0.25, 0.3) is 0 Å². The third-order valence-electron chi connectivity index (χ3n) is 15.9. The van der Waals surface area contributed by atoms with Gasteiger partial charge in [-0.25, -0.2) is 4.72 Å². The first kappa shape index (κ1) is 36.1. The predicted molar refractivity (Wildman–Crippen MR) is 192 cm³/mol. The van der Waals surface area contributed by atoms with Crippen LogP contribution in [0.3, 0.4) is 0 Å². The van der Waals surface area contributed by atoms with Crippen molar-refractivity contribution in [3.8, 4) is 0 Å². The maximum atomic E-state index is 12.7. The molecule has 7 rings (SSSR count). The average Bonchev–Trinajstić information content (AvgIpc) is 3.62. The number of rotatable bonds is 9. The molecule has 13 unspecified atom stereocenters. The highest BCUT2D eigenvalue weighted by Gasteiger charge is 2.81. The first-order valence-corrected chi connectivity index (χ1v) is 21.7. The van der Waals surface area contributed by atoms with E-state index >= 15 is 0 Å². The topological polar surface area (TPSA) is 100 Å². The lowest BCUT2D eigenvalue weighted by atomic mass is 9.46. The number of fused-ring (bicyclic) bond motifs is 4. The van der Waals surface area contributed by atoms with Gasteiger partial charge >= 0.3 is 0 Å². The summed E-state index contributed by atoms with van der Waals surface area (Å²) in [4.78, 5) is 2.59. The molecule has 14 atom stereocenters. The fourth-order valence-electron chi connectivity index (χ4n) is 13.8. The number of nitrogens with zero attached hydrogens (tertiary/aromatic N) is 1. The molecule has 3 N–H and O–H groups in total. The molecule has 0 radical (unpaired) electrons. The van der Waals surface area contributed by atoms with Crippen molar-refractivity contribution in [1.82, 2.24) is 9.62 Å². The lowest BCUT2D eigenvalue weighted by Crippen LogP contribution is -2.59. The zero-order valence-corrected chi connectivity index (χ0v) is 32.2. The summed E-state index contributed by atoms with van der Waals surface area (Å²) in [6.45, 7) is 18.2. The summed E-state index contributed by atoms with van der Waals surface area (Å²) in [5.41, 5.74) is -0.320. The molecule has 8 nitrogen and oxygen atoms in total. The van der Waals surface area contributed by atoms with E-state index in [-0.39, 0.29) is 41.3 Å². The second-order valence-electron chi connectivity index (χ2n) is 19.1. The number of nitrogens with one attached hydrogen (secondary N) is 1. The van der Waals surface area contributed by atoms with Crippen LogP contribution in [-0.4, -0.2) is 99.5 Å². The van der Waals surface area contributed by atoms with E-state index in [4.69, 9.17) is 14.2 Å². The number of hydrogen-bond donors (Lipinski definition) is 3. The van der Waals surface area contributed by atoms with Crippen molar-refractivity contribution in [3.05, 3.63) is 0 Å². The molecular weight excluding hydrogens is 625 g/mol. The van der Waals surface area contributed by atoms with Crippen LogP contribution in [-0.2, 0) is 23.9 Å². The molecule has 2 heterocycles. The van der Waals surface area contributed by atoms with Crippen LogP contribution >= 0.6 is 0 Å². The first-order valence-electron chi connectivity index (χ1n) is 19.6. The quantitative estimate of drug-likeness (QED) is 0.279. The van der Waals surface area contributed by atoms with Crippen LogP contribution < -0.4 is 4.72 Å². The first-order chi connectivity index (χ1) is 22.4. The van der Waals surface area contributed by atoms with Crippen LogP contribution in [0.1, 0.15) is 119 Å². The molecule has 7 aliphatic rings. The minimum atomic E-state index is -2.56. The van der Waals surface area contributed by atoms with E-state index in [0.717, 1.165) is 45.4 Å². The molecule has 0 aromatic carbocycles. The van der Waals surface area contributed by atoms with E-state index in [1.807, 2.05) is 0 Å². The molecule has 48 heavy (non-hydrogen) atoms. The lowest BCUT2D eigenvalue weighted by molar-refractivity contribution is -0.248. The molecule has 2 aliphatic heterocycles. The fourth-order valence-corrected chi connectivity index (χ4v) is 14.7. The lowest BCUT2D eigenvalue weighted by Gasteiger charge is -2.60. The summed E-state index contributed by atoms with van der Waals surface area (Å²) in [5.74, 6) is 5.51. The largest absolute Gasteiger partial charge is 0.390 e. The van der Waals surface area contributed by atoms with E-state index in [1.165, 1.54) is 44.9 Å². The zero-order valence-electron chi connectivity index (χ0n) is 31.3. The molecule has 5 aliphatic carbocycles. The Labute approximate surface area is 291 Å². The van der Waals surface area contributed by atoms with Crippen molar-refractivity contribution in [2.75, 3.05) is 26.0 Å². The van der Waals surface area contributed by atoms with Crippen LogP contribution in [0.5, 0.6) is 0 Å². The predicted octanol–water partition coefficient (Wildman–Crippen LogP) is 5.39. The molecule has 5 saturated carbocycles. The molecule has 7 fully saturated rings. The smallest absolute Gasteiger partial charge is 0.170 e. The van der Waals surface area contributed by atoms with Gasteiger partial charge in [-0.05, 0) is 136 Å². The number of ether oxygens (including phenoxy) is 3. The molecule has 9 heteroatoms. The maximum Gasteiger partial charge on any atom is 0.170 e. The van der Waals surface area contributed by atoms with E-state index < -0.39 is 27.5 Å². The second kappa shape index (κ2) is 12.1. The van der Waals surface area contributed by atoms with Crippen LogP contribution in [0.4, 0.5) is 0 Å². The average molecular weight is 693 g/mol. The highest BCUT2D eigenvalue weighted by molar-refractivity contribution is 7.97. The summed E-state index contributed by atoms with van der Waals surface area (Å²) in [7, 11) is -2.56. The molecule has 0 bridgehead atoms. The Hall–Kier alpha value is -0.260. The molecule has 2 saturated heterocycles. The Balaban J connectivity index is 1.07. The van der Waals surface area contributed by atoms with Gasteiger partial charge in [-0.3, -0.25) is 9.11 Å². The van der Waals surface area contributed by atoms with Gasteiger partial charge in [0.05, 0.1) is 42.7 Å². The summed E-state index contributed by atoms with van der Waals surface area (Å²) in [6.07, 6.45) is 13.1. The third-order valence-corrected chi connectivity index (χ3v) is 16.7. The number of hydrogen-bond acceptors (Lipinski definition) is 7. The van der Waals surface area contributed by atoms with Gasteiger partial charge in [0.1, 0.15) is 0 Å². The molecule has 2 spiro atoms. The SMILES string of the molecule is C=S(C)(=O)NC(C1CC[C@H]2C(O1)C(O)C1C3CCC4C(C)(C)C(OC5CN(C(CC)CC)CCO5)CCC45CC35CCC12C)C(C)(C)O. The fraction of sp³-hybridized carbons (Fsp3) is 0.974. The van der Waals surface area contributed by atoms with Crippen molar-refractivity contribution < 1.29 is 28.6 Å². The standard InChI is InChI=1S/C39H68N2O6S/c1-10-24(11-2)41-20-21-45-30(22-41)47-29-16-17-39-23-38(39)19-18-37(7)26-12-14-27(34(36(5,6)43)40-48(8,9)44)46-33(26)32(42)31(37)25(38)13-15-28(39)35(29,3)4/h24-34,42-43H,8,10-23H2,1-7,9H3,(H,40,44)/t25?,26-,27?,28?,29?,30?,31?,32?,33?,34?,37?,38?,39?,48?/m0/s1. The Morgan fingerprint density at radius 2 is 1.75 bits per heavy atom. The van der Waals surface area contributed by atoms with Gasteiger partial charge in [0.2, 0.25) is 0 Å². The van der Waals surface area contributed by atoms with E-state index in [2.05, 4.69) is 50.1 Å². The minimum Gasteiger partial charge on any atom is -0.390 e. The summed E-state index contributed by atoms with van der Waals surface area (Å²) >= 11 is 0. The normalized spacial score (nSPS) is 48.8. The van der Waals surface area contributed by atoms with Crippen LogP contribution in [0.2, 0.25) is 0 Å². The van der Waals surface area contributed by atoms with Gasteiger partial charge in [0.15, 0.2) is 6.29 Å². The summed E-state index contributed by atoms with van der Waals surface area (Å²) in [6, 6.07) is 0.0844. The van der Waals surface area contributed by atoms with Crippen molar-refractivity contribution >= 4 is 15.6 Å². The Kier molecular flexibility index (Phi) is 9.14. The summed E-state index contributed by atoms with van der Waals surface area (Å²) in [5, 5.41) is 23.4. The van der Waals surface area contributed by atoms with E-state index in [0.29, 0.717) is 34.6 Å². The van der Waals surface area contributed by atoms with Crippen molar-refractivity contribution in [2.24, 2.45) is 45.3 Å². The molecule has 276 valence electrons. The van der Waals surface area contributed by atoms with Crippen molar-refractivity contribution in [1.29, 1.82) is 0 Å². The van der Waals surface area contributed by atoms with Gasteiger partial charge in [-0.1, -0.05) is 34.6 Å². The van der Waals surface area contributed by atoms with Gasteiger partial charge in [0, 0.05) is 35.1 Å². The van der Waals surface area contributed by atoms with Gasteiger partial charge < -0.3 is 24.4 Å². The maximum absolute atomic E-state index is 12.7. The van der Waals surface area contributed by atoms with Crippen molar-refractivity contribution in [2.45, 2.75) is 167 Å². The number of morpholine rings is 1. The molecule has 0 aromatic rings. The number of aliphatic hydroxyl groups excluding tert-OH is 1. The van der Waals surface area contributed by atoms with Crippen molar-refractivity contribution in [3.63, 3.8) is 0 Å².